The Morgan fingerprint density at radius 2 is 1.86 bits per heavy atom. The number of carbonyl (C=O) groups is 2. The van der Waals surface area contributed by atoms with E-state index >= 15 is 0 Å². The van der Waals surface area contributed by atoms with Gasteiger partial charge in [0.15, 0.2) is 0 Å². The zero-order chi connectivity index (χ0) is 25.8. The van der Waals surface area contributed by atoms with Crippen molar-refractivity contribution in [3.8, 4) is 6.07 Å². The highest BCUT2D eigenvalue weighted by atomic mass is 16.5. The molecule has 0 aliphatic carbocycles. The summed E-state index contributed by atoms with van der Waals surface area (Å²) in [5.74, 6) is -0.264. The van der Waals surface area contributed by atoms with Crippen LogP contribution in [0.15, 0.2) is 66.7 Å². The number of anilines is 3. The number of rotatable bonds is 7. The minimum atomic E-state index is -0.157. The molecule has 2 heterocycles. The van der Waals surface area contributed by atoms with Crippen molar-refractivity contribution in [2.24, 2.45) is 5.92 Å². The first-order chi connectivity index (χ1) is 18.1. The highest BCUT2D eigenvalue weighted by Gasteiger charge is 2.30. The molecule has 3 aromatic carbocycles. The maximum Gasteiger partial charge on any atom is 0.258 e. The standard InChI is InChI=1S/C29H29N5O3/c1-34-26-9-5-4-8-24(26)27(22-6-2-3-7-23(22)29(34)36)32-14-13-31-25-11-10-21(16-20(25)17-30)33-28(35)19-12-15-37-18-19/h2-11,16,19,27,31-32H,12-15,18H2,1H3,(H,33,35). The third kappa shape index (κ3) is 5.05. The largest absolute Gasteiger partial charge is 0.383 e. The lowest BCUT2D eigenvalue weighted by atomic mass is 9.95. The predicted molar refractivity (Wildman–Crippen MR) is 143 cm³/mol. The summed E-state index contributed by atoms with van der Waals surface area (Å²) in [7, 11) is 1.80. The van der Waals surface area contributed by atoms with Crippen LogP contribution in [0.25, 0.3) is 0 Å². The number of para-hydroxylation sites is 1. The van der Waals surface area contributed by atoms with Crippen LogP contribution in [0.1, 0.15) is 39.5 Å². The molecular weight excluding hydrogens is 466 g/mol. The first-order valence-corrected chi connectivity index (χ1v) is 12.4. The van der Waals surface area contributed by atoms with Gasteiger partial charge in [-0.05, 0) is 47.9 Å². The molecule has 1 fully saturated rings. The van der Waals surface area contributed by atoms with Gasteiger partial charge in [0.05, 0.1) is 29.8 Å². The number of nitrogens with one attached hydrogen (secondary N) is 3. The average Bonchev–Trinajstić information content (AvgIpc) is 3.46. The minimum absolute atomic E-state index is 0.0308. The molecule has 3 N–H and O–H groups in total. The molecule has 2 unspecified atom stereocenters. The second kappa shape index (κ2) is 10.8. The molecule has 0 radical (unpaired) electrons. The van der Waals surface area contributed by atoms with Gasteiger partial charge in [-0.3, -0.25) is 9.59 Å². The fourth-order valence-corrected chi connectivity index (χ4v) is 4.93. The molecule has 5 rings (SSSR count). The number of hydrogen-bond acceptors (Lipinski definition) is 6. The van der Waals surface area contributed by atoms with E-state index in [9.17, 15) is 14.9 Å². The van der Waals surface area contributed by atoms with Gasteiger partial charge in [0, 0.05) is 43.7 Å². The van der Waals surface area contributed by atoms with Crippen molar-refractivity contribution in [3.05, 3.63) is 89.0 Å². The lowest BCUT2D eigenvalue weighted by molar-refractivity contribution is -0.119. The Hall–Kier alpha value is -4.19. The van der Waals surface area contributed by atoms with Crippen molar-refractivity contribution in [1.29, 1.82) is 5.26 Å². The van der Waals surface area contributed by atoms with Crippen molar-refractivity contribution >= 4 is 28.9 Å². The maximum atomic E-state index is 13.1. The molecular formula is C29H29N5O3. The van der Waals surface area contributed by atoms with E-state index in [1.807, 2.05) is 54.6 Å². The van der Waals surface area contributed by atoms with E-state index in [0.29, 0.717) is 55.2 Å². The number of nitrogens with zero attached hydrogens (tertiary/aromatic N) is 2. The van der Waals surface area contributed by atoms with Gasteiger partial charge in [-0.25, -0.2) is 0 Å². The van der Waals surface area contributed by atoms with Crippen LogP contribution in [0, 0.1) is 17.2 Å². The van der Waals surface area contributed by atoms with Crippen LogP contribution in [-0.2, 0) is 9.53 Å². The molecule has 0 spiro atoms. The summed E-state index contributed by atoms with van der Waals surface area (Å²) in [6.07, 6.45) is 0.712. The highest BCUT2D eigenvalue weighted by Crippen LogP contribution is 2.36. The van der Waals surface area contributed by atoms with Crippen LogP contribution in [0.2, 0.25) is 0 Å². The summed E-state index contributed by atoms with van der Waals surface area (Å²) in [6, 6.07) is 23.0. The van der Waals surface area contributed by atoms with Crippen molar-refractivity contribution in [3.63, 3.8) is 0 Å². The van der Waals surface area contributed by atoms with Crippen molar-refractivity contribution in [2.45, 2.75) is 12.5 Å². The molecule has 188 valence electrons. The fraction of sp³-hybridized carbons (Fsp3) is 0.276. The summed E-state index contributed by atoms with van der Waals surface area (Å²) in [4.78, 5) is 27.2. The number of nitriles is 1. The summed E-state index contributed by atoms with van der Waals surface area (Å²) in [5, 5.41) is 19.5. The third-order valence-electron chi connectivity index (χ3n) is 6.91. The van der Waals surface area contributed by atoms with Crippen molar-refractivity contribution in [2.75, 3.05) is 48.9 Å². The summed E-state index contributed by atoms with van der Waals surface area (Å²) in [6.45, 7) is 2.19. The van der Waals surface area contributed by atoms with Crippen LogP contribution in [0.4, 0.5) is 17.1 Å². The van der Waals surface area contributed by atoms with E-state index in [2.05, 4.69) is 22.0 Å². The number of amides is 2. The topological polar surface area (TPSA) is 106 Å². The molecule has 3 aromatic rings. The Morgan fingerprint density at radius 3 is 2.65 bits per heavy atom. The molecule has 37 heavy (non-hydrogen) atoms. The van der Waals surface area contributed by atoms with Gasteiger partial charge in [-0.15, -0.1) is 0 Å². The maximum absolute atomic E-state index is 13.1. The SMILES string of the molecule is CN1C(=O)c2ccccc2C(NCCNc2ccc(NC(=O)C3CCOC3)cc2C#N)c2ccccc21. The Kier molecular flexibility index (Phi) is 7.17. The van der Waals surface area contributed by atoms with E-state index in [-0.39, 0.29) is 23.8 Å². The first kappa shape index (κ1) is 24.5. The van der Waals surface area contributed by atoms with Crippen molar-refractivity contribution in [1.82, 2.24) is 5.32 Å². The Balaban J connectivity index is 1.27. The second-order valence-corrected chi connectivity index (χ2v) is 9.25. The Labute approximate surface area is 216 Å². The van der Waals surface area contributed by atoms with Gasteiger partial charge in [-0.1, -0.05) is 36.4 Å². The summed E-state index contributed by atoms with van der Waals surface area (Å²) < 4.78 is 5.29. The monoisotopic (exact) mass is 495 g/mol. The van der Waals surface area contributed by atoms with Crippen LogP contribution >= 0.6 is 0 Å². The highest BCUT2D eigenvalue weighted by molar-refractivity contribution is 6.08. The molecule has 2 aliphatic rings. The quantitative estimate of drug-likeness (QED) is 0.429. The average molecular weight is 496 g/mol. The normalized spacial score (nSPS) is 18.4. The van der Waals surface area contributed by atoms with Gasteiger partial charge < -0.3 is 25.6 Å². The van der Waals surface area contributed by atoms with Gasteiger partial charge in [-0.2, -0.15) is 5.26 Å². The number of carbonyl (C=O) groups excluding carboxylic acids is 2. The number of benzene rings is 3. The second-order valence-electron chi connectivity index (χ2n) is 9.25. The van der Waals surface area contributed by atoms with Gasteiger partial charge in [0.25, 0.3) is 5.91 Å². The van der Waals surface area contributed by atoms with Crippen LogP contribution < -0.4 is 20.9 Å². The van der Waals surface area contributed by atoms with Crippen LogP contribution in [-0.4, -0.2) is 45.2 Å². The molecule has 0 bridgehead atoms. The zero-order valence-corrected chi connectivity index (χ0v) is 20.7. The van der Waals surface area contributed by atoms with Gasteiger partial charge in [0.2, 0.25) is 5.91 Å². The molecule has 2 amide bonds. The summed E-state index contributed by atoms with van der Waals surface area (Å²) in [5.41, 5.74) is 5.28. The van der Waals surface area contributed by atoms with E-state index in [1.165, 1.54) is 0 Å². The Bertz CT molecular complexity index is 1360. The lowest BCUT2D eigenvalue weighted by Crippen LogP contribution is -2.28. The van der Waals surface area contributed by atoms with Gasteiger partial charge >= 0.3 is 0 Å². The van der Waals surface area contributed by atoms with E-state index < -0.39 is 0 Å². The first-order valence-electron chi connectivity index (χ1n) is 12.4. The van der Waals surface area contributed by atoms with Crippen molar-refractivity contribution < 1.29 is 14.3 Å². The molecule has 2 atom stereocenters. The fourth-order valence-electron chi connectivity index (χ4n) is 4.93. The van der Waals surface area contributed by atoms with Crippen LogP contribution in [0.3, 0.4) is 0 Å². The predicted octanol–water partition coefficient (Wildman–Crippen LogP) is 3.91. The zero-order valence-electron chi connectivity index (χ0n) is 20.7. The lowest BCUT2D eigenvalue weighted by Gasteiger charge is -2.22. The van der Waals surface area contributed by atoms with E-state index in [4.69, 9.17) is 4.74 Å². The van der Waals surface area contributed by atoms with Gasteiger partial charge in [0.1, 0.15) is 6.07 Å². The molecule has 8 heteroatoms. The molecule has 0 saturated carbocycles. The number of fused-ring (bicyclic) bond motifs is 2. The van der Waals surface area contributed by atoms with E-state index in [1.54, 1.807) is 24.1 Å². The third-order valence-corrected chi connectivity index (χ3v) is 6.91. The molecule has 0 aromatic heterocycles. The van der Waals surface area contributed by atoms with E-state index in [0.717, 1.165) is 16.8 Å². The smallest absolute Gasteiger partial charge is 0.258 e. The minimum Gasteiger partial charge on any atom is -0.383 e. The number of ether oxygens (including phenoxy) is 1. The summed E-state index contributed by atoms with van der Waals surface area (Å²) >= 11 is 0. The molecule has 1 saturated heterocycles. The Morgan fingerprint density at radius 1 is 1.08 bits per heavy atom. The number of hydrogen-bond donors (Lipinski definition) is 3. The van der Waals surface area contributed by atoms with Crippen LogP contribution in [0.5, 0.6) is 0 Å². The molecule has 8 nitrogen and oxygen atoms in total. The molecule has 2 aliphatic heterocycles.